The number of fused-ring (bicyclic) bond motifs is 1. The normalized spacial score (nSPS) is 28.8. The van der Waals surface area contributed by atoms with Crippen LogP contribution in [0.25, 0.3) is 0 Å². The SMILES string of the molecule is COC(=O)[C@@H]1C[C@@]2(C)C(=CC1=O)CC[C@@H]2OC(=O)c1ccccc1. The smallest absolute Gasteiger partial charge is 0.338 e. The minimum Gasteiger partial charge on any atom is -0.468 e. The number of ketones is 1. The molecule has 0 aromatic heterocycles. The molecule has 1 saturated carbocycles. The average molecular weight is 328 g/mol. The van der Waals surface area contributed by atoms with Gasteiger partial charge in [-0.05, 0) is 37.5 Å². The summed E-state index contributed by atoms with van der Waals surface area (Å²) in [5.41, 5.74) is 0.949. The van der Waals surface area contributed by atoms with Crippen LogP contribution in [0.5, 0.6) is 0 Å². The quantitative estimate of drug-likeness (QED) is 0.630. The maximum atomic E-state index is 12.4. The molecule has 0 radical (unpaired) electrons. The number of carbonyl (C=O) groups excluding carboxylic acids is 3. The highest BCUT2D eigenvalue weighted by molar-refractivity contribution is 6.06. The molecule has 3 atom stereocenters. The Morgan fingerprint density at radius 1 is 1.21 bits per heavy atom. The van der Waals surface area contributed by atoms with E-state index in [0.717, 1.165) is 5.57 Å². The molecular formula is C19H20O5. The Bertz CT molecular complexity index is 706. The maximum Gasteiger partial charge on any atom is 0.338 e. The van der Waals surface area contributed by atoms with Gasteiger partial charge in [-0.15, -0.1) is 0 Å². The van der Waals surface area contributed by atoms with Gasteiger partial charge in [0.05, 0.1) is 12.7 Å². The van der Waals surface area contributed by atoms with Crippen molar-refractivity contribution in [3.63, 3.8) is 0 Å². The topological polar surface area (TPSA) is 69.7 Å². The number of benzene rings is 1. The number of hydrogen-bond donors (Lipinski definition) is 0. The minimum absolute atomic E-state index is 0.218. The Kier molecular flexibility index (Phi) is 4.26. The van der Waals surface area contributed by atoms with Gasteiger partial charge >= 0.3 is 11.9 Å². The van der Waals surface area contributed by atoms with Crippen LogP contribution >= 0.6 is 0 Å². The second-order valence-corrected chi connectivity index (χ2v) is 6.57. The number of allylic oxidation sites excluding steroid dienone is 1. The predicted molar refractivity (Wildman–Crippen MR) is 86.2 cm³/mol. The Morgan fingerprint density at radius 3 is 2.58 bits per heavy atom. The molecule has 5 nitrogen and oxygen atoms in total. The molecule has 2 aliphatic carbocycles. The third kappa shape index (κ3) is 2.75. The first-order chi connectivity index (χ1) is 11.5. The first-order valence-corrected chi connectivity index (χ1v) is 8.04. The van der Waals surface area contributed by atoms with Gasteiger partial charge in [0.25, 0.3) is 0 Å². The molecule has 5 heteroatoms. The Labute approximate surface area is 140 Å². The molecule has 0 bridgehead atoms. The molecule has 2 aliphatic rings. The van der Waals surface area contributed by atoms with Gasteiger partial charge < -0.3 is 9.47 Å². The molecule has 0 N–H and O–H groups in total. The van der Waals surface area contributed by atoms with Crippen LogP contribution in [0.15, 0.2) is 42.0 Å². The van der Waals surface area contributed by atoms with Crippen molar-refractivity contribution in [3.8, 4) is 0 Å². The number of hydrogen-bond acceptors (Lipinski definition) is 5. The fraction of sp³-hybridized carbons (Fsp3) is 0.421. The molecule has 24 heavy (non-hydrogen) atoms. The summed E-state index contributed by atoms with van der Waals surface area (Å²) < 4.78 is 10.5. The van der Waals surface area contributed by atoms with Gasteiger partial charge in [-0.2, -0.15) is 0 Å². The number of ether oxygens (including phenoxy) is 2. The highest BCUT2D eigenvalue weighted by atomic mass is 16.5. The van der Waals surface area contributed by atoms with Crippen molar-refractivity contribution < 1.29 is 23.9 Å². The van der Waals surface area contributed by atoms with Crippen molar-refractivity contribution in [2.45, 2.75) is 32.3 Å². The van der Waals surface area contributed by atoms with E-state index in [4.69, 9.17) is 9.47 Å². The van der Waals surface area contributed by atoms with E-state index in [-0.39, 0.29) is 17.9 Å². The van der Waals surface area contributed by atoms with Crippen LogP contribution in [0.3, 0.4) is 0 Å². The van der Waals surface area contributed by atoms with Crippen LogP contribution in [0.1, 0.15) is 36.5 Å². The number of rotatable bonds is 3. The number of carbonyl (C=O) groups is 3. The van der Waals surface area contributed by atoms with Gasteiger partial charge in [-0.3, -0.25) is 9.59 Å². The van der Waals surface area contributed by atoms with Crippen molar-refractivity contribution in [2.24, 2.45) is 11.3 Å². The summed E-state index contributed by atoms with van der Waals surface area (Å²) in [5.74, 6) is -1.95. The summed E-state index contributed by atoms with van der Waals surface area (Å²) in [5, 5.41) is 0. The standard InChI is InChI=1S/C19H20O5/c1-19-11-14(18(22)23-2)15(20)10-13(19)8-9-16(19)24-17(21)12-6-4-3-5-7-12/h3-7,10,14,16H,8-9,11H2,1-2H3/t14-,16+,19+/m1/s1. The zero-order chi connectivity index (χ0) is 17.3. The fourth-order valence-electron chi connectivity index (χ4n) is 3.70. The molecule has 0 saturated heterocycles. The largest absolute Gasteiger partial charge is 0.468 e. The Hall–Kier alpha value is -2.43. The summed E-state index contributed by atoms with van der Waals surface area (Å²) >= 11 is 0. The van der Waals surface area contributed by atoms with E-state index in [2.05, 4.69) is 0 Å². The van der Waals surface area contributed by atoms with Crippen LogP contribution < -0.4 is 0 Å². The third-order valence-electron chi connectivity index (χ3n) is 5.15. The van der Waals surface area contributed by atoms with Crippen LogP contribution in [0.2, 0.25) is 0 Å². The first-order valence-electron chi connectivity index (χ1n) is 8.04. The molecule has 1 fully saturated rings. The lowest BCUT2D eigenvalue weighted by atomic mass is 9.70. The minimum atomic E-state index is -0.820. The lowest BCUT2D eigenvalue weighted by molar-refractivity contribution is -0.150. The summed E-state index contributed by atoms with van der Waals surface area (Å²) in [4.78, 5) is 36.4. The van der Waals surface area contributed by atoms with Crippen molar-refractivity contribution in [1.29, 1.82) is 0 Å². The second kappa shape index (κ2) is 6.23. The molecule has 0 unspecified atom stereocenters. The van der Waals surface area contributed by atoms with Crippen molar-refractivity contribution >= 4 is 17.7 Å². The van der Waals surface area contributed by atoms with E-state index < -0.39 is 17.3 Å². The lowest BCUT2D eigenvalue weighted by Crippen LogP contribution is -2.41. The maximum absolute atomic E-state index is 12.4. The van der Waals surface area contributed by atoms with Gasteiger partial charge in [0.15, 0.2) is 5.78 Å². The molecule has 0 amide bonds. The van der Waals surface area contributed by atoms with Crippen molar-refractivity contribution in [1.82, 2.24) is 0 Å². The van der Waals surface area contributed by atoms with Crippen molar-refractivity contribution in [2.75, 3.05) is 7.11 Å². The summed E-state index contributed by atoms with van der Waals surface area (Å²) in [7, 11) is 1.28. The average Bonchev–Trinajstić information content (AvgIpc) is 2.90. The van der Waals surface area contributed by atoms with E-state index in [1.165, 1.54) is 7.11 Å². The molecule has 126 valence electrons. The Morgan fingerprint density at radius 2 is 1.92 bits per heavy atom. The fourth-order valence-corrected chi connectivity index (χ4v) is 3.70. The van der Waals surface area contributed by atoms with Crippen LogP contribution in [-0.2, 0) is 19.1 Å². The monoisotopic (exact) mass is 328 g/mol. The number of methoxy groups -OCH3 is 1. The zero-order valence-electron chi connectivity index (χ0n) is 13.8. The van der Waals surface area contributed by atoms with Gasteiger partial charge in [-0.25, -0.2) is 4.79 Å². The van der Waals surface area contributed by atoms with Crippen LogP contribution in [-0.4, -0.2) is 30.9 Å². The molecule has 0 heterocycles. The molecule has 1 aromatic rings. The summed E-state index contributed by atoms with van der Waals surface area (Å²) in [6.07, 6.45) is 2.86. The second-order valence-electron chi connectivity index (χ2n) is 6.57. The van der Waals surface area contributed by atoms with E-state index >= 15 is 0 Å². The zero-order valence-corrected chi connectivity index (χ0v) is 13.8. The molecular weight excluding hydrogens is 308 g/mol. The highest BCUT2D eigenvalue weighted by Crippen LogP contribution is 2.51. The van der Waals surface area contributed by atoms with Gasteiger partial charge in [0.1, 0.15) is 12.0 Å². The van der Waals surface area contributed by atoms with Crippen LogP contribution in [0, 0.1) is 11.3 Å². The van der Waals surface area contributed by atoms with Crippen LogP contribution in [0.4, 0.5) is 0 Å². The van der Waals surface area contributed by atoms with E-state index in [1.54, 1.807) is 30.3 Å². The summed E-state index contributed by atoms with van der Waals surface area (Å²) in [6, 6.07) is 8.81. The Balaban J connectivity index is 1.82. The van der Waals surface area contributed by atoms with Gasteiger partial charge in [0, 0.05) is 5.41 Å². The molecule has 1 aromatic carbocycles. The van der Waals surface area contributed by atoms with E-state index in [1.807, 2.05) is 13.0 Å². The molecule has 0 spiro atoms. The van der Waals surface area contributed by atoms with Gasteiger partial charge in [0.2, 0.25) is 0 Å². The lowest BCUT2D eigenvalue weighted by Gasteiger charge is -2.37. The van der Waals surface area contributed by atoms with Gasteiger partial charge in [-0.1, -0.05) is 30.7 Å². The molecule has 3 rings (SSSR count). The first kappa shape index (κ1) is 16.4. The van der Waals surface area contributed by atoms with E-state index in [9.17, 15) is 14.4 Å². The predicted octanol–water partition coefficient (Wildman–Crippen LogP) is 2.70. The number of esters is 2. The van der Waals surface area contributed by atoms with Crippen molar-refractivity contribution in [3.05, 3.63) is 47.5 Å². The molecule has 0 aliphatic heterocycles. The van der Waals surface area contributed by atoms with E-state index in [0.29, 0.717) is 24.8 Å². The highest BCUT2D eigenvalue weighted by Gasteiger charge is 2.51. The summed E-state index contributed by atoms with van der Waals surface area (Å²) in [6.45, 7) is 1.96. The third-order valence-corrected chi connectivity index (χ3v) is 5.15.